The van der Waals surface area contributed by atoms with E-state index >= 15 is 0 Å². The molecule has 1 aromatic heterocycles. The highest BCUT2D eigenvalue weighted by atomic mass is 79.9. The van der Waals surface area contributed by atoms with E-state index < -0.39 is 12.0 Å². The van der Waals surface area contributed by atoms with Crippen LogP contribution in [0.2, 0.25) is 10.0 Å². The third-order valence-electron chi connectivity index (χ3n) is 5.77. The Kier molecular flexibility index (Phi) is 9.74. The van der Waals surface area contributed by atoms with E-state index in [4.69, 9.17) is 42.5 Å². The van der Waals surface area contributed by atoms with Crippen LogP contribution in [0.4, 0.5) is 5.95 Å². The molecular weight excluding hydrogens is 627 g/mol. The number of rotatable bonds is 10. The Morgan fingerprint density at radius 3 is 2.67 bits per heavy atom. The lowest BCUT2D eigenvalue weighted by molar-refractivity contribution is -0.143. The molecule has 0 bridgehead atoms. The number of allylic oxidation sites excluding steroid dienone is 1. The number of fused-ring (bicyclic) bond motifs is 1. The van der Waals surface area contributed by atoms with Gasteiger partial charge in [-0.1, -0.05) is 48.0 Å². The van der Waals surface area contributed by atoms with Gasteiger partial charge in [0.15, 0.2) is 11.5 Å². The number of carbonyl (C=O) groups excluding carboxylic acids is 1. The summed E-state index contributed by atoms with van der Waals surface area (Å²) in [6.07, 6.45) is 0.701. The number of aromatic nitrogens is 3. The van der Waals surface area contributed by atoms with Crippen LogP contribution in [0.25, 0.3) is 0 Å². The SMILES string of the molecule is CCCSc1nc2n(n1)C(c1cc(Br)c(OCc3ccc(Cl)c(Cl)c3)c(OC)c1)C(C(=O)OC(C)C)=C(C)N2. The average molecular weight is 656 g/mol. The van der Waals surface area contributed by atoms with Gasteiger partial charge in [0.1, 0.15) is 12.6 Å². The fourth-order valence-corrected chi connectivity index (χ4v) is 5.64. The number of esters is 1. The van der Waals surface area contributed by atoms with Gasteiger partial charge in [-0.25, -0.2) is 9.48 Å². The fourth-order valence-electron chi connectivity index (χ4n) is 4.06. The predicted octanol–water partition coefficient (Wildman–Crippen LogP) is 7.68. The lowest BCUT2D eigenvalue weighted by atomic mass is 9.95. The maximum Gasteiger partial charge on any atom is 0.338 e. The van der Waals surface area contributed by atoms with Gasteiger partial charge in [0.25, 0.3) is 0 Å². The molecule has 3 aromatic rings. The molecule has 208 valence electrons. The van der Waals surface area contributed by atoms with Gasteiger partial charge in [-0.2, -0.15) is 4.98 Å². The Hall–Kier alpha value is -2.40. The second kappa shape index (κ2) is 12.8. The zero-order chi connectivity index (χ0) is 28.3. The molecule has 0 saturated heterocycles. The lowest BCUT2D eigenvalue weighted by Crippen LogP contribution is -2.30. The first kappa shape index (κ1) is 29.6. The average Bonchev–Trinajstić information content (AvgIpc) is 3.29. The van der Waals surface area contributed by atoms with E-state index in [1.807, 2.05) is 39.0 Å². The zero-order valence-electron chi connectivity index (χ0n) is 22.2. The van der Waals surface area contributed by atoms with Crippen molar-refractivity contribution in [3.05, 3.63) is 67.2 Å². The van der Waals surface area contributed by atoms with Crippen LogP contribution >= 0.6 is 50.9 Å². The Labute approximate surface area is 250 Å². The quantitative estimate of drug-likeness (QED) is 0.176. The molecule has 1 N–H and O–H groups in total. The van der Waals surface area contributed by atoms with Gasteiger partial charge >= 0.3 is 5.97 Å². The van der Waals surface area contributed by atoms with E-state index in [9.17, 15) is 4.79 Å². The summed E-state index contributed by atoms with van der Waals surface area (Å²) in [7, 11) is 1.56. The van der Waals surface area contributed by atoms with Crippen LogP contribution in [0.5, 0.6) is 11.5 Å². The largest absolute Gasteiger partial charge is 0.493 e. The molecule has 8 nitrogen and oxygen atoms in total. The normalized spacial score (nSPS) is 14.7. The second-order valence-electron chi connectivity index (χ2n) is 9.10. The highest BCUT2D eigenvalue weighted by Crippen LogP contribution is 2.43. The predicted molar refractivity (Wildman–Crippen MR) is 158 cm³/mol. The molecule has 2 heterocycles. The molecule has 0 aliphatic carbocycles. The van der Waals surface area contributed by atoms with Gasteiger partial charge in [0.2, 0.25) is 11.1 Å². The summed E-state index contributed by atoms with van der Waals surface area (Å²) in [5.41, 5.74) is 2.68. The van der Waals surface area contributed by atoms with Gasteiger partial charge in [-0.05, 0) is 78.5 Å². The Bertz CT molecular complexity index is 1410. The number of hydrogen-bond donors (Lipinski definition) is 1. The van der Waals surface area contributed by atoms with Crippen molar-refractivity contribution >= 4 is 62.8 Å². The minimum atomic E-state index is -0.606. The molecular formula is C27H29BrCl2N4O4S. The number of thioether (sulfide) groups is 1. The molecule has 0 saturated carbocycles. The van der Waals surface area contributed by atoms with Crippen molar-refractivity contribution in [1.82, 2.24) is 14.8 Å². The minimum Gasteiger partial charge on any atom is -0.493 e. The van der Waals surface area contributed by atoms with E-state index in [-0.39, 0.29) is 12.7 Å². The summed E-state index contributed by atoms with van der Waals surface area (Å²) in [5, 5.41) is 9.53. The van der Waals surface area contributed by atoms with E-state index in [2.05, 4.69) is 33.2 Å². The first-order valence-corrected chi connectivity index (χ1v) is 14.9. The molecule has 0 spiro atoms. The smallest absolute Gasteiger partial charge is 0.338 e. The minimum absolute atomic E-state index is 0.245. The first-order chi connectivity index (χ1) is 18.6. The van der Waals surface area contributed by atoms with Gasteiger partial charge in [0.05, 0.1) is 33.3 Å². The van der Waals surface area contributed by atoms with Crippen molar-refractivity contribution in [1.29, 1.82) is 0 Å². The Balaban J connectivity index is 1.75. The second-order valence-corrected chi connectivity index (χ2v) is 11.8. The van der Waals surface area contributed by atoms with E-state index in [1.165, 1.54) is 0 Å². The molecule has 1 unspecified atom stereocenters. The number of nitrogens with zero attached hydrogens (tertiary/aromatic N) is 3. The van der Waals surface area contributed by atoms with Crippen molar-refractivity contribution in [2.75, 3.05) is 18.2 Å². The van der Waals surface area contributed by atoms with Crippen LogP contribution in [0, 0.1) is 0 Å². The summed E-state index contributed by atoms with van der Waals surface area (Å²) < 4.78 is 19.8. The summed E-state index contributed by atoms with van der Waals surface area (Å²) >= 11 is 17.4. The third kappa shape index (κ3) is 6.67. The fraction of sp³-hybridized carbons (Fsp3) is 0.370. The molecule has 1 aliphatic rings. The van der Waals surface area contributed by atoms with E-state index in [1.54, 1.807) is 35.7 Å². The van der Waals surface area contributed by atoms with Crippen molar-refractivity contribution in [2.45, 2.75) is 58.0 Å². The maximum absolute atomic E-state index is 13.3. The topological polar surface area (TPSA) is 87.5 Å². The Morgan fingerprint density at radius 2 is 2.00 bits per heavy atom. The van der Waals surface area contributed by atoms with Crippen molar-refractivity contribution < 1.29 is 19.0 Å². The van der Waals surface area contributed by atoms with Crippen molar-refractivity contribution in [3.8, 4) is 11.5 Å². The van der Waals surface area contributed by atoms with Crippen LogP contribution in [0.3, 0.4) is 0 Å². The number of anilines is 1. The molecule has 39 heavy (non-hydrogen) atoms. The van der Waals surface area contributed by atoms with Crippen molar-refractivity contribution in [3.63, 3.8) is 0 Å². The number of hydrogen-bond acceptors (Lipinski definition) is 8. The summed E-state index contributed by atoms with van der Waals surface area (Å²) in [6, 6.07) is 8.45. The van der Waals surface area contributed by atoms with E-state index in [0.29, 0.717) is 48.4 Å². The van der Waals surface area contributed by atoms with Crippen LogP contribution in [0.15, 0.2) is 51.2 Å². The summed E-state index contributed by atoms with van der Waals surface area (Å²) in [4.78, 5) is 18.0. The van der Waals surface area contributed by atoms with Crippen LogP contribution < -0.4 is 14.8 Å². The van der Waals surface area contributed by atoms with Crippen LogP contribution in [0.1, 0.15) is 51.3 Å². The monoisotopic (exact) mass is 654 g/mol. The zero-order valence-corrected chi connectivity index (χ0v) is 26.1. The van der Waals surface area contributed by atoms with E-state index in [0.717, 1.165) is 23.3 Å². The molecule has 0 radical (unpaired) electrons. The van der Waals surface area contributed by atoms with Crippen molar-refractivity contribution in [2.24, 2.45) is 0 Å². The molecule has 1 aliphatic heterocycles. The molecule has 2 aromatic carbocycles. The maximum atomic E-state index is 13.3. The first-order valence-electron chi connectivity index (χ1n) is 12.3. The number of ether oxygens (including phenoxy) is 3. The van der Waals surface area contributed by atoms with Crippen LogP contribution in [-0.4, -0.2) is 39.7 Å². The number of benzene rings is 2. The highest BCUT2D eigenvalue weighted by Gasteiger charge is 2.36. The molecule has 4 rings (SSSR count). The third-order valence-corrected chi connectivity index (χ3v) is 8.14. The molecule has 1 atom stereocenters. The highest BCUT2D eigenvalue weighted by molar-refractivity contribution is 9.10. The summed E-state index contributed by atoms with van der Waals surface area (Å²) in [5.74, 6) is 1.99. The molecule has 0 amide bonds. The number of carbonyl (C=O) groups is 1. The van der Waals surface area contributed by atoms with Crippen LogP contribution in [-0.2, 0) is 16.1 Å². The number of methoxy groups -OCH3 is 1. The number of nitrogens with one attached hydrogen (secondary N) is 1. The summed E-state index contributed by atoms with van der Waals surface area (Å²) in [6.45, 7) is 7.82. The Morgan fingerprint density at radius 1 is 1.23 bits per heavy atom. The van der Waals surface area contributed by atoms with Gasteiger partial charge in [-0.15, -0.1) is 5.10 Å². The number of halogens is 3. The standard InChI is InChI=1S/C27H29BrCl2N4O4S/c1-6-9-39-27-32-26-31-15(4)22(25(35)38-14(2)3)23(34(26)33-27)17-11-18(28)24(21(12-17)36-5)37-13-16-7-8-19(29)20(30)10-16/h7-8,10-12,14,23H,6,9,13H2,1-5H3,(H,31,32,33). The van der Waals surface area contributed by atoms with Gasteiger partial charge in [0, 0.05) is 11.4 Å². The molecule has 12 heteroatoms. The molecule has 0 fully saturated rings. The van der Waals surface area contributed by atoms with Gasteiger partial charge < -0.3 is 19.5 Å². The lowest BCUT2D eigenvalue weighted by Gasteiger charge is -2.29. The van der Waals surface area contributed by atoms with Gasteiger partial charge in [-0.3, -0.25) is 0 Å².